The monoisotopic (exact) mass is 363 g/mol. The predicted molar refractivity (Wildman–Crippen MR) is 99.5 cm³/mol. The Labute approximate surface area is 153 Å². The molecule has 3 aromatic rings. The van der Waals surface area contributed by atoms with Crippen LogP contribution in [0.2, 0.25) is 0 Å². The summed E-state index contributed by atoms with van der Waals surface area (Å²) >= 11 is 0. The lowest BCUT2D eigenvalue weighted by Crippen LogP contribution is -2.10. The minimum absolute atomic E-state index is 0.0701. The first kappa shape index (κ1) is 17.7. The fourth-order valence-corrected chi connectivity index (χ4v) is 2.27. The Balaban J connectivity index is 2.00. The van der Waals surface area contributed by atoms with Crippen LogP contribution in [0, 0.1) is 20.2 Å². The van der Waals surface area contributed by atoms with E-state index < -0.39 is 9.85 Å². The van der Waals surface area contributed by atoms with Gasteiger partial charge in [0.15, 0.2) is 0 Å². The van der Waals surface area contributed by atoms with E-state index in [1.165, 1.54) is 42.5 Å². The van der Waals surface area contributed by atoms with Gasteiger partial charge in [0.2, 0.25) is 5.90 Å². The Morgan fingerprint density at radius 2 is 1.44 bits per heavy atom. The number of nitro benzene ring substituents is 2. The van der Waals surface area contributed by atoms with E-state index >= 15 is 0 Å². The number of rotatable bonds is 5. The van der Waals surface area contributed by atoms with Gasteiger partial charge in [0.05, 0.1) is 15.5 Å². The number of nitro groups is 2. The van der Waals surface area contributed by atoms with E-state index in [1.807, 2.05) is 6.07 Å². The Morgan fingerprint density at radius 3 is 2.07 bits per heavy atom. The third kappa shape index (κ3) is 4.51. The number of hydrogen-bond donors (Lipinski definition) is 0. The van der Waals surface area contributed by atoms with E-state index in [2.05, 4.69) is 4.99 Å². The van der Waals surface area contributed by atoms with Crippen molar-refractivity contribution < 1.29 is 14.6 Å². The molecule has 0 atom stereocenters. The molecule has 0 bridgehead atoms. The van der Waals surface area contributed by atoms with Gasteiger partial charge in [-0.3, -0.25) is 20.2 Å². The highest BCUT2D eigenvalue weighted by Crippen LogP contribution is 2.22. The zero-order valence-corrected chi connectivity index (χ0v) is 13.9. The molecule has 0 saturated carbocycles. The van der Waals surface area contributed by atoms with Gasteiger partial charge in [0, 0.05) is 29.8 Å². The summed E-state index contributed by atoms with van der Waals surface area (Å²) in [7, 11) is 0. The van der Waals surface area contributed by atoms with Crippen LogP contribution in [0.4, 0.5) is 17.1 Å². The van der Waals surface area contributed by atoms with E-state index in [0.717, 1.165) is 0 Å². The average molecular weight is 363 g/mol. The topological polar surface area (TPSA) is 108 Å². The third-order valence-corrected chi connectivity index (χ3v) is 3.55. The Kier molecular flexibility index (Phi) is 5.17. The summed E-state index contributed by atoms with van der Waals surface area (Å²) in [5.41, 5.74) is 0.840. The number of nitrogens with zero attached hydrogens (tertiary/aromatic N) is 3. The number of non-ortho nitro benzene ring substituents is 2. The Hall–Kier alpha value is -4.07. The zero-order valence-electron chi connectivity index (χ0n) is 13.9. The molecule has 0 spiro atoms. The largest absolute Gasteiger partial charge is 0.438 e. The molecule has 0 aromatic heterocycles. The molecule has 0 saturated heterocycles. The number of para-hydroxylation sites is 1. The van der Waals surface area contributed by atoms with Gasteiger partial charge in [0.25, 0.3) is 11.4 Å². The maximum atomic E-state index is 11.1. The van der Waals surface area contributed by atoms with Gasteiger partial charge in [-0.1, -0.05) is 24.3 Å². The van der Waals surface area contributed by atoms with Crippen molar-refractivity contribution >= 4 is 23.0 Å². The minimum atomic E-state index is -0.511. The van der Waals surface area contributed by atoms with Gasteiger partial charge in [-0.15, -0.1) is 0 Å². The number of aliphatic imine (C=N–C) groups is 1. The first-order valence-electron chi connectivity index (χ1n) is 7.84. The molecule has 0 unspecified atom stereocenters. The van der Waals surface area contributed by atoms with Crippen LogP contribution in [0.25, 0.3) is 0 Å². The smallest absolute Gasteiger partial charge is 0.270 e. The second-order valence-electron chi connectivity index (χ2n) is 5.41. The maximum Gasteiger partial charge on any atom is 0.270 e. The van der Waals surface area contributed by atoms with E-state index in [0.29, 0.717) is 17.0 Å². The first-order valence-corrected chi connectivity index (χ1v) is 7.84. The molecular weight excluding hydrogens is 350 g/mol. The highest BCUT2D eigenvalue weighted by atomic mass is 16.6. The van der Waals surface area contributed by atoms with Gasteiger partial charge >= 0.3 is 0 Å². The van der Waals surface area contributed by atoms with Crippen molar-refractivity contribution in [1.82, 2.24) is 0 Å². The highest BCUT2D eigenvalue weighted by molar-refractivity contribution is 5.97. The normalized spacial score (nSPS) is 11.0. The summed E-state index contributed by atoms with van der Waals surface area (Å²) in [4.78, 5) is 25.2. The SMILES string of the molecule is O=[N+]([O-])c1ccc(OC(=Nc2ccccc2)c2cccc([N+](=O)[O-])c2)cc1. The lowest BCUT2D eigenvalue weighted by atomic mass is 10.2. The van der Waals surface area contributed by atoms with Crippen LogP contribution in [0.1, 0.15) is 5.56 Å². The van der Waals surface area contributed by atoms with Gasteiger partial charge in [-0.2, -0.15) is 0 Å². The van der Waals surface area contributed by atoms with Gasteiger partial charge in [-0.25, -0.2) is 4.99 Å². The Morgan fingerprint density at radius 1 is 0.778 bits per heavy atom. The van der Waals surface area contributed by atoms with Crippen LogP contribution in [-0.2, 0) is 0 Å². The summed E-state index contributed by atoms with van der Waals surface area (Å²) in [5.74, 6) is 0.459. The van der Waals surface area contributed by atoms with Crippen molar-refractivity contribution in [3.63, 3.8) is 0 Å². The summed E-state index contributed by atoms with van der Waals surface area (Å²) in [6.07, 6.45) is 0. The molecule has 0 aliphatic carbocycles. The quantitative estimate of drug-likeness (QED) is 0.283. The number of benzene rings is 3. The second-order valence-corrected chi connectivity index (χ2v) is 5.41. The molecule has 0 aliphatic rings. The van der Waals surface area contributed by atoms with Crippen LogP contribution in [0.3, 0.4) is 0 Å². The Bertz CT molecular complexity index is 1000. The van der Waals surface area contributed by atoms with E-state index in [9.17, 15) is 20.2 Å². The lowest BCUT2D eigenvalue weighted by molar-refractivity contribution is -0.385. The van der Waals surface area contributed by atoms with Crippen molar-refractivity contribution in [1.29, 1.82) is 0 Å². The summed E-state index contributed by atoms with van der Waals surface area (Å²) in [5, 5.41) is 21.8. The molecule has 0 radical (unpaired) electrons. The van der Waals surface area contributed by atoms with Crippen molar-refractivity contribution in [2.45, 2.75) is 0 Å². The van der Waals surface area contributed by atoms with Gasteiger partial charge < -0.3 is 4.74 Å². The van der Waals surface area contributed by atoms with Crippen molar-refractivity contribution in [3.8, 4) is 5.75 Å². The van der Waals surface area contributed by atoms with Crippen LogP contribution in [-0.4, -0.2) is 15.7 Å². The van der Waals surface area contributed by atoms with Crippen molar-refractivity contribution in [3.05, 3.63) is 105 Å². The van der Waals surface area contributed by atoms with Crippen LogP contribution in [0.15, 0.2) is 83.9 Å². The molecule has 27 heavy (non-hydrogen) atoms. The first-order chi connectivity index (χ1) is 13.0. The summed E-state index contributed by atoms with van der Waals surface area (Å²) in [6.45, 7) is 0. The van der Waals surface area contributed by atoms with E-state index in [-0.39, 0.29) is 17.3 Å². The average Bonchev–Trinajstić information content (AvgIpc) is 2.69. The molecular formula is C19H13N3O5. The van der Waals surface area contributed by atoms with E-state index in [1.54, 1.807) is 30.3 Å². The zero-order chi connectivity index (χ0) is 19.2. The molecule has 0 aliphatic heterocycles. The third-order valence-electron chi connectivity index (χ3n) is 3.55. The minimum Gasteiger partial charge on any atom is -0.438 e. The highest BCUT2D eigenvalue weighted by Gasteiger charge is 2.13. The molecule has 3 rings (SSSR count). The number of hydrogen-bond acceptors (Lipinski definition) is 6. The molecule has 0 fully saturated rings. The van der Waals surface area contributed by atoms with Gasteiger partial charge in [0.1, 0.15) is 5.75 Å². The maximum absolute atomic E-state index is 11.1. The predicted octanol–water partition coefficient (Wildman–Crippen LogP) is 4.66. The fourth-order valence-electron chi connectivity index (χ4n) is 2.27. The second kappa shape index (κ2) is 7.87. The molecule has 8 heteroatoms. The fraction of sp³-hybridized carbons (Fsp3) is 0. The standard InChI is InChI=1S/C19H13N3O5/c23-21(24)16-9-11-18(12-10-16)27-19(20-15-6-2-1-3-7-15)14-5-4-8-17(13-14)22(25)26/h1-13H. The molecule has 0 heterocycles. The van der Waals surface area contributed by atoms with Gasteiger partial charge in [-0.05, 0) is 30.3 Å². The van der Waals surface area contributed by atoms with Crippen LogP contribution >= 0.6 is 0 Å². The molecule has 134 valence electrons. The molecule has 3 aromatic carbocycles. The van der Waals surface area contributed by atoms with Crippen molar-refractivity contribution in [2.24, 2.45) is 4.99 Å². The molecule has 8 nitrogen and oxygen atoms in total. The number of ether oxygens (including phenoxy) is 1. The molecule has 0 amide bonds. The van der Waals surface area contributed by atoms with Crippen LogP contribution in [0.5, 0.6) is 5.75 Å². The lowest BCUT2D eigenvalue weighted by Gasteiger charge is -2.09. The summed E-state index contributed by atoms with van der Waals surface area (Å²) in [6, 6.07) is 20.4. The van der Waals surface area contributed by atoms with Crippen LogP contribution < -0.4 is 4.74 Å². The van der Waals surface area contributed by atoms with Crippen molar-refractivity contribution in [2.75, 3.05) is 0 Å². The molecule has 0 N–H and O–H groups in total. The van der Waals surface area contributed by atoms with E-state index in [4.69, 9.17) is 4.74 Å². The summed E-state index contributed by atoms with van der Waals surface area (Å²) < 4.78 is 5.78.